The van der Waals surface area contributed by atoms with Crippen molar-refractivity contribution in [2.45, 2.75) is 64.1 Å². The standard InChI is InChI=1S/C18H28O4/c1-10-5-6-13-11(2)7-14-18(22-17(3,4)21-14)12(8-19)9-20-16(10)15(13)18/h5,11-16,19H,6-9H2,1-4H3/t11-,12+,13+,14-,15+,16-,18-/m0/s1. The molecule has 2 saturated heterocycles. The number of aliphatic hydroxyl groups is 1. The largest absolute Gasteiger partial charge is 0.396 e. The van der Waals surface area contributed by atoms with Crippen LogP contribution in [0.2, 0.25) is 0 Å². The predicted molar refractivity (Wildman–Crippen MR) is 82.2 cm³/mol. The van der Waals surface area contributed by atoms with Crippen LogP contribution in [0.25, 0.3) is 0 Å². The minimum Gasteiger partial charge on any atom is -0.396 e. The summed E-state index contributed by atoms with van der Waals surface area (Å²) in [4.78, 5) is 0. The van der Waals surface area contributed by atoms with Crippen molar-refractivity contribution in [2.75, 3.05) is 13.2 Å². The summed E-state index contributed by atoms with van der Waals surface area (Å²) in [5, 5.41) is 10.0. The van der Waals surface area contributed by atoms with Crippen molar-refractivity contribution in [1.29, 1.82) is 0 Å². The van der Waals surface area contributed by atoms with Crippen LogP contribution < -0.4 is 0 Å². The summed E-state index contributed by atoms with van der Waals surface area (Å²) in [6, 6.07) is 0. The molecule has 124 valence electrons. The van der Waals surface area contributed by atoms with Gasteiger partial charge in [0.05, 0.1) is 25.4 Å². The molecule has 7 atom stereocenters. The Morgan fingerprint density at radius 3 is 2.86 bits per heavy atom. The smallest absolute Gasteiger partial charge is 0.164 e. The number of aliphatic hydroxyl groups excluding tert-OH is 1. The van der Waals surface area contributed by atoms with Crippen molar-refractivity contribution in [2.24, 2.45) is 23.7 Å². The lowest BCUT2D eigenvalue weighted by atomic mass is 9.53. The van der Waals surface area contributed by atoms with E-state index < -0.39 is 11.4 Å². The quantitative estimate of drug-likeness (QED) is 0.756. The zero-order valence-electron chi connectivity index (χ0n) is 14.0. The van der Waals surface area contributed by atoms with Gasteiger partial charge in [-0.3, -0.25) is 0 Å². The molecule has 4 heteroatoms. The highest BCUT2D eigenvalue weighted by Gasteiger charge is 2.69. The van der Waals surface area contributed by atoms with Crippen LogP contribution in [0.3, 0.4) is 0 Å². The van der Waals surface area contributed by atoms with Crippen molar-refractivity contribution in [1.82, 2.24) is 0 Å². The van der Waals surface area contributed by atoms with Gasteiger partial charge in [0, 0.05) is 11.8 Å². The van der Waals surface area contributed by atoms with Crippen LogP contribution in [-0.2, 0) is 14.2 Å². The number of ether oxygens (including phenoxy) is 3. The fourth-order valence-corrected chi connectivity index (χ4v) is 5.63. The van der Waals surface area contributed by atoms with Crippen molar-refractivity contribution < 1.29 is 19.3 Å². The Bertz CT molecular complexity index is 499. The molecule has 1 saturated carbocycles. The van der Waals surface area contributed by atoms with Crippen LogP contribution in [0.1, 0.15) is 40.5 Å². The summed E-state index contributed by atoms with van der Waals surface area (Å²) >= 11 is 0. The molecule has 0 radical (unpaired) electrons. The van der Waals surface area contributed by atoms with Crippen LogP contribution >= 0.6 is 0 Å². The van der Waals surface area contributed by atoms with Gasteiger partial charge in [-0.1, -0.05) is 13.0 Å². The Morgan fingerprint density at radius 1 is 1.36 bits per heavy atom. The maximum absolute atomic E-state index is 10.0. The first-order valence-corrected chi connectivity index (χ1v) is 8.66. The van der Waals surface area contributed by atoms with Crippen LogP contribution in [0.15, 0.2) is 11.6 Å². The molecule has 0 bridgehead atoms. The monoisotopic (exact) mass is 308 g/mol. The summed E-state index contributed by atoms with van der Waals surface area (Å²) in [6.45, 7) is 9.16. The van der Waals surface area contributed by atoms with E-state index in [0.717, 1.165) is 12.8 Å². The normalized spacial score (nSPS) is 52.7. The molecule has 4 aliphatic rings. The van der Waals surface area contributed by atoms with Gasteiger partial charge in [-0.15, -0.1) is 0 Å². The predicted octanol–water partition coefficient (Wildman–Crippen LogP) is 2.51. The number of hydrogen-bond donors (Lipinski definition) is 1. The Labute approximate surface area is 132 Å². The second-order valence-corrected chi connectivity index (χ2v) is 8.18. The van der Waals surface area contributed by atoms with Crippen molar-refractivity contribution in [3.8, 4) is 0 Å². The van der Waals surface area contributed by atoms with Gasteiger partial charge < -0.3 is 19.3 Å². The third-order valence-corrected chi connectivity index (χ3v) is 6.47. The number of hydrogen-bond acceptors (Lipinski definition) is 4. The van der Waals surface area contributed by atoms with E-state index in [1.807, 2.05) is 13.8 Å². The molecular formula is C18H28O4. The molecule has 2 aliphatic heterocycles. The molecule has 0 amide bonds. The molecule has 1 N–H and O–H groups in total. The van der Waals surface area contributed by atoms with Gasteiger partial charge in [0.25, 0.3) is 0 Å². The lowest BCUT2D eigenvalue weighted by Gasteiger charge is -2.59. The van der Waals surface area contributed by atoms with Crippen LogP contribution in [0, 0.1) is 23.7 Å². The molecule has 2 heterocycles. The van der Waals surface area contributed by atoms with E-state index in [1.165, 1.54) is 5.57 Å². The van der Waals surface area contributed by atoms with Gasteiger partial charge in [0.1, 0.15) is 5.60 Å². The highest BCUT2D eigenvalue weighted by molar-refractivity contribution is 5.24. The molecule has 22 heavy (non-hydrogen) atoms. The second-order valence-electron chi connectivity index (χ2n) is 8.18. The van der Waals surface area contributed by atoms with Crippen molar-refractivity contribution >= 4 is 0 Å². The van der Waals surface area contributed by atoms with Gasteiger partial charge in [0.15, 0.2) is 5.79 Å². The van der Waals surface area contributed by atoms with E-state index in [-0.39, 0.29) is 24.7 Å². The second kappa shape index (κ2) is 4.79. The van der Waals surface area contributed by atoms with Gasteiger partial charge >= 0.3 is 0 Å². The third-order valence-electron chi connectivity index (χ3n) is 6.47. The van der Waals surface area contributed by atoms with Gasteiger partial charge in [-0.25, -0.2) is 0 Å². The molecule has 1 spiro atoms. The number of rotatable bonds is 1. The Morgan fingerprint density at radius 2 is 2.14 bits per heavy atom. The number of allylic oxidation sites excluding steroid dienone is 1. The maximum Gasteiger partial charge on any atom is 0.164 e. The fraction of sp³-hybridized carbons (Fsp3) is 0.889. The van der Waals surface area contributed by atoms with Gasteiger partial charge in [0.2, 0.25) is 0 Å². The molecule has 0 unspecified atom stereocenters. The minimum atomic E-state index is -0.580. The Hall–Kier alpha value is -0.420. The van der Waals surface area contributed by atoms with E-state index in [4.69, 9.17) is 14.2 Å². The minimum absolute atomic E-state index is 0.00132. The summed E-state index contributed by atoms with van der Waals surface area (Å²) in [7, 11) is 0. The summed E-state index contributed by atoms with van der Waals surface area (Å²) < 4.78 is 19.1. The first-order chi connectivity index (χ1) is 10.4. The average molecular weight is 308 g/mol. The SMILES string of the molecule is CC1=CC[C@H]2[C@@H]3[C@H]1OC[C@@H](CO)[C@@]31OC(C)(C)O[C@H]1C[C@@H]2C. The fourth-order valence-electron chi connectivity index (χ4n) is 5.63. The summed E-state index contributed by atoms with van der Waals surface area (Å²) in [5.74, 6) is 0.856. The van der Waals surface area contributed by atoms with Gasteiger partial charge in [-0.05, 0) is 51.0 Å². The highest BCUT2D eigenvalue weighted by atomic mass is 16.8. The molecule has 0 aromatic heterocycles. The molecular weight excluding hydrogens is 280 g/mol. The van der Waals surface area contributed by atoms with E-state index >= 15 is 0 Å². The summed E-state index contributed by atoms with van der Waals surface area (Å²) in [6.07, 6.45) is 4.63. The molecule has 0 aromatic rings. The highest BCUT2D eigenvalue weighted by Crippen LogP contribution is 2.60. The zero-order chi connectivity index (χ0) is 15.7. The first-order valence-electron chi connectivity index (χ1n) is 8.66. The first kappa shape index (κ1) is 15.1. The lowest BCUT2D eigenvalue weighted by Crippen LogP contribution is -2.68. The van der Waals surface area contributed by atoms with E-state index in [0.29, 0.717) is 24.4 Å². The topological polar surface area (TPSA) is 47.9 Å². The molecule has 4 nitrogen and oxygen atoms in total. The van der Waals surface area contributed by atoms with Crippen molar-refractivity contribution in [3.05, 3.63) is 11.6 Å². The van der Waals surface area contributed by atoms with E-state index in [9.17, 15) is 5.11 Å². The van der Waals surface area contributed by atoms with Gasteiger partial charge in [-0.2, -0.15) is 0 Å². The Kier molecular flexibility index (Phi) is 3.29. The molecule has 2 aliphatic carbocycles. The van der Waals surface area contributed by atoms with E-state index in [2.05, 4.69) is 19.9 Å². The average Bonchev–Trinajstić information content (AvgIpc) is 2.72. The van der Waals surface area contributed by atoms with Crippen molar-refractivity contribution in [3.63, 3.8) is 0 Å². The van der Waals surface area contributed by atoms with Crippen LogP contribution in [-0.4, -0.2) is 41.9 Å². The third kappa shape index (κ3) is 1.84. The molecule has 0 aromatic carbocycles. The molecule has 3 fully saturated rings. The summed E-state index contributed by atoms with van der Waals surface area (Å²) in [5.41, 5.74) is 0.923. The zero-order valence-corrected chi connectivity index (χ0v) is 14.0. The van der Waals surface area contributed by atoms with E-state index in [1.54, 1.807) is 0 Å². The molecule has 4 rings (SSSR count). The lowest BCUT2D eigenvalue weighted by molar-refractivity contribution is -0.258. The van der Waals surface area contributed by atoms with Crippen LogP contribution in [0.4, 0.5) is 0 Å². The maximum atomic E-state index is 10.0. The van der Waals surface area contributed by atoms with Crippen LogP contribution in [0.5, 0.6) is 0 Å². The Balaban J connectivity index is 1.85.